The number of hydrogen-bond acceptors (Lipinski definition) is 4. The topological polar surface area (TPSA) is 88.3 Å². The first kappa shape index (κ1) is 19.2. The fourth-order valence-corrected chi connectivity index (χ4v) is 3.66. The number of benzene rings is 1. The van der Waals surface area contributed by atoms with E-state index in [1.807, 2.05) is 33.8 Å². The van der Waals surface area contributed by atoms with Crippen LogP contribution in [0.1, 0.15) is 27.7 Å². The summed E-state index contributed by atoms with van der Waals surface area (Å²) in [4.78, 5) is 18.3. The van der Waals surface area contributed by atoms with Crippen molar-refractivity contribution in [2.24, 2.45) is 0 Å². The standard InChI is InChI=1S/C16H23N5O3S/c1-5-19(6-2)16(22)20-12-17-15(18-20)21(13(3)4,25(23)24)14-10-8-7-9-11-14/h7-13H,5-6H2,1-4H3/p+1. The van der Waals surface area contributed by atoms with Gasteiger partial charge >= 0.3 is 23.2 Å². The SMILES string of the molecule is CCN(CC)C(=O)n1cnc([N+](c2ccccc2)(C(C)C)S(=O)O)n1. The van der Waals surface area contributed by atoms with Gasteiger partial charge in [-0.1, -0.05) is 23.3 Å². The zero-order valence-electron chi connectivity index (χ0n) is 14.9. The fraction of sp³-hybridized carbons (Fsp3) is 0.438. The summed E-state index contributed by atoms with van der Waals surface area (Å²) in [6.45, 7) is 8.46. The van der Waals surface area contributed by atoms with E-state index in [-0.39, 0.29) is 18.0 Å². The van der Waals surface area contributed by atoms with Crippen LogP contribution in [0.4, 0.5) is 16.4 Å². The third kappa shape index (κ3) is 3.35. The zero-order chi connectivity index (χ0) is 18.6. The van der Waals surface area contributed by atoms with Crippen molar-refractivity contribution in [3.05, 3.63) is 36.7 Å². The average molecular weight is 366 g/mol. The first-order valence-corrected chi connectivity index (χ1v) is 9.23. The molecule has 0 saturated heterocycles. The van der Waals surface area contributed by atoms with Gasteiger partial charge in [-0.25, -0.2) is 4.79 Å². The predicted octanol–water partition coefficient (Wildman–Crippen LogP) is 2.77. The van der Waals surface area contributed by atoms with Gasteiger partial charge in [0.15, 0.2) is 5.69 Å². The Labute approximate surface area is 150 Å². The largest absolute Gasteiger partial charge is 0.372 e. The maximum absolute atomic E-state index is 12.5. The molecule has 8 nitrogen and oxygen atoms in total. The summed E-state index contributed by atoms with van der Waals surface area (Å²) in [6.07, 6.45) is 1.29. The summed E-state index contributed by atoms with van der Waals surface area (Å²) in [5.41, 5.74) is 0.575. The fourth-order valence-electron chi connectivity index (χ4n) is 2.77. The molecule has 0 saturated carbocycles. The Morgan fingerprint density at radius 3 is 2.36 bits per heavy atom. The Morgan fingerprint density at radius 1 is 1.28 bits per heavy atom. The molecule has 2 aromatic rings. The van der Waals surface area contributed by atoms with Gasteiger partial charge < -0.3 is 4.90 Å². The second kappa shape index (κ2) is 7.85. The lowest BCUT2D eigenvalue weighted by atomic mass is 10.2. The molecule has 0 aliphatic heterocycles. The maximum atomic E-state index is 12.5. The van der Waals surface area contributed by atoms with E-state index in [1.165, 1.54) is 6.33 Å². The molecule has 0 aliphatic rings. The normalized spacial score (nSPS) is 15.0. The molecular formula is C16H24N5O3S+. The van der Waals surface area contributed by atoms with E-state index >= 15 is 0 Å². The quantitative estimate of drug-likeness (QED) is 0.627. The van der Waals surface area contributed by atoms with Crippen molar-refractivity contribution in [2.45, 2.75) is 33.7 Å². The molecule has 25 heavy (non-hydrogen) atoms. The molecule has 1 N–H and O–H groups in total. The van der Waals surface area contributed by atoms with Crippen molar-refractivity contribution < 1.29 is 13.6 Å². The molecular weight excluding hydrogens is 342 g/mol. The van der Waals surface area contributed by atoms with Gasteiger partial charge in [-0.2, -0.15) is 13.9 Å². The van der Waals surface area contributed by atoms with Gasteiger partial charge in [0.1, 0.15) is 12.4 Å². The van der Waals surface area contributed by atoms with Crippen LogP contribution in [0.5, 0.6) is 0 Å². The zero-order valence-corrected chi connectivity index (χ0v) is 15.7. The minimum absolute atomic E-state index is 0.0996. The highest BCUT2D eigenvalue weighted by atomic mass is 32.2. The number of nitrogens with zero attached hydrogens (tertiary/aromatic N) is 5. The van der Waals surface area contributed by atoms with Crippen LogP contribution in [0.25, 0.3) is 0 Å². The molecule has 0 spiro atoms. The van der Waals surface area contributed by atoms with Gasteiger partial charge in [-0.15, -0.1) is 3.89 Å². The summed E-state index contributed by atoms with van der Waals surface area (Å²) in [5, 5.41) is 4.25. The van der Waals surface area contributed by atoms with Gasteiger partial charge in [0.2, 0.25) is 0 Å². The molecule has 2 unspecified atom stereocenters. The summed E-state index contributed by atoms with van der Waals surface area (Å²) >= 11 is -2.33. The number of carbonyl (C=O) groups excluding carboxylic acids is 1. The molecule has 9 heteroatoms. The molecule has 0 bridgehead atoms. The molecule has 2 rings (SSSR count). The van der Waals surface area contributed by atoms with Crippen molar-refractivity contribution in [3.8, 4) is 0 Å². The maximum Gasteiger partial charge on any atom is 0.372 e. The monoisotopic (exact) mass is 366 g/mol. The van der Waals surface area contributed by atoms with Gasteiger partial charge in [0, 0.05) is 25.2 Å². The summed E-state index contributed by atoms with van der Waals surface area (Å²) in [5.74, 6) is 0.0996. The van der Waals surface area contributed by atoms with E-state index < -0.39 is 15.2 Å². The number of para-hydroxylation sites is 1. The highest BCUT2D eigenvalue weighted by molar-refractivity contribution is 7.79. The van der Waals surface area contributed by atoms with Crippen molar-refractivity contribution in [1.82, 2.24) is 23.6 Å². The molecule has 136 valence electrons. The van der Waals surface area contributed by atoms with E-state index in [0.717, 1.165) is 4.68 Å². The third-order valence-electron chi connectivity index (χ3n) is 4.12. The Morgan fingerprint density at radius 2 is 1.88 bits per heavy atom. The van der Waals surface area contributed by atoms with Gasteiger partial charge in [-0.05, 0) is 27.7 Å². The molecule has 1 aromatic heterocycles. The molecule has 1 heterocycles. The van der Waals surface area contributed by atoms with Gasteiger partial charge in [-0.3, -0.25) is 4.55 Å². The number of aromatic nitrogens is 3. The average Bonchev–Trinajstić information content (AvgIpc) is 3.07. The van der Waals surface area contributed by atoms with Crippen molar-refractivity contribution >= 4 is 28.9 Å². The lowest BCUT2D eigenvalue weighted by Gasteiger charge is -2.32. The Hall–Kier alpha value is -2.10. The second-order valence-corrected chi connectivity index (χ2v) is 6.80. The molecule has 2 atom stereocenters. The van der Waals surface area contributed by atoms with Crippen molar-refractivity contribution in [2.75, 3.05) is 13.1 Å². The van der Waals surface area contributed by atoms with Gasteiger partial charge in [0.25, 0.3) is 0 Å². The highest BCUT2D eigenvalue weighted by Gasteiger charge is 2.48. The Balaban J connectivity index is 2.58. The summed E-state index contributed by atoms with van der Waals surface area (Å²) in [6, 6.07) is 8.26. The highest BCUT2D eigenvalue weighted by Crippen LogP contribution is 2.36. The predicted molar refractivity (Wildman–Crippen MR) is 97.5 cm³/mol. The van der Waals surface area contributed by atoms with Gasteiger partial charge in [0.05, 0.1) is 0 Å². The van der Waals surface area contributed by atoms with E-state index in [0.29, 0.717) is 18.8 Å². The van der Waals surface area contributed by atoms with Crippen LogP contribution in [0, 0.1) is 0 Å². The smallest absolute Gasteiger partial charge is 0.323 e. The molecule has 0 radical (unpaired) electrons. The summed E-state index contributed by atoms with van der Waals surface area (Å²) in [7, 11) is 0. The molecule has 1 amide bonds. The van der Waals surface area contributed by atoms with E-state index in [9.17, 15) is 13.6 Å². The number of rotatable bonds is 6. The number of quaternary nitrogens is 1. The van der Waals surface area contributed by atoms with Crippen LogP contribution in [0.15, 0.2) is 36.7 Å². The second-order valence-electron chi connectivity index (χ2n) is 5.76. The van der Waals surface area contributed by atoms with Crippen LogP contribution in [0.2, 0.25) is 0 Å². The molecule has 0 fully saturated rings. The number of amides is 1. The van der Waals surface area contributed by atoms with Crippen LogP contribution in [-0.2, 0) is 11.3 Å². The minimum atomic E-state index is -2.33. The lowest BCUT2D eigenvalue weighted by Crippen LogP contribution is -2.52. The Bertz CT molecular complexity index is 745. The molecule has 1 aromatic carbocycles. The third-order valence-corrected chi connectivity index (χ3v) is 5.41. The van der Waals surface area contributed by atoms with Crippen molar-refractivity contribution in [1.29, 1.82) is 0 Å². The lowest BCUT2D eigenvalue weighted by molar-refractivity contribution is 0.201. The van der Waals surface area contributed by atoms with E-state index in [4.69, 9.17) is 0 Å². The Kier molecular flexibility index (Phi) is 6.04. The number of carbonyl (C=O) groups is 1. The minimum Gasteiger partial charge on any atom is -0.323 e. The first-order valence-electron chi connectivity index (χ1n) is 8.16. The van der Waals surface area contributed by atoms with Crippen molar-refractivity contribution in [3.63, 3.8) is 0 Å². The number of hydrogen-bond donors (Lipinski definition) is 1. The van der Waals surface area contributed by atoms with E-state index in [2.05, 4.69) is 10.1 Å². The first-order chi connectivity index (χ1) is 11.9. The molecule has 0 aliphatic carbocycles. The summed E-state index contributed by atoms with van der Waals surface area (Å²) < 4.78 is 23.2. The van der Waals surface area contributed by atoms with Crippen LogP contribution < -0.4 is 3.89 Å². The van der Waals surface area contributed by atoms with Crippen LogP contribution in [0.3, 0.4) is 0 Å². The van der Waals surface area contributed by atoms with E-state index in [1.54, 1.807) is 29.2 Å². The van der Waals surface area contributed by atoms with Crippen LogP contribution in [-0.4, -0.2) is 53.6 Å². The van der Waals surface area contributed by atoms with Crippen LogP contribution >= 0.6 is 0 Å².